The highest BCUT2D eigenvalue weighted by Gasteiger charge is 2.29. The molecule has 0 radical (unpaired) electrons. The normalized spacial score (nSPS) is 13.6. The summed E-state index contributed by atoms with van der Waals surface area (Å²) >= 11 is 0. The van der Waals surface area contributed by atoms with Crippen molar-refractivity contribution in [1.82, 2.24) is 0 Å². The van der Waals surface area contributed by atoms with Crippen LogP contribution in [0.2, 0.25) is 0 Å². The summed E-state index contributed by atoms with van der Waals surface area (Å²) in [4.78, 5) is 48.9. The molecular weight excluding hydrogens is 454 g/mol. The number of ether oxygens (including phenoxy) is 4. The summed E-state index contributed by atoms with van der Waals surface area (Å²) in [7, 11) is 0. The van der Waals surface area contributed by atoms with E-state index in [4.69, 9.17) is 24.7 Å². The lowest BCUT2D eigenvalue weighted by Gasteiger charge is -2.21. The van der Waals surface area contributed by atoms with Crippen LogP contribution in [0.5, 0.6) is 11.5 Å². The van der Waals surface area contributed by atoms with E-state index in [1.807, 2.05) is 0 Å². The summed E-state index contributed by atoms with van der Waals surface area (Å²) in [6, 6.07) is 3.61. The Morgan fingerprint density at radius 2 is 1.34 bits per heavy atom. The first-order chi connectivity index (χ1) is 15.9. The molecule has 0 saturated heterocycles. The number of nitrogens with two attached hydrogens (primary N) is 1. The molecule has 0 aliphatic carbocycles. The lowest BCUT2D eigenvalue weighted by atomic mass is 9.97. The first-order valence-electron chi connectivity index (χ1n) is 11.6. The summed E-state index contributed by atoms with van der Waals surface area (Å²) in [6.45, 7) is 15.2. The molecule has 9 nitrogen and oxygen atoms in total. The fourth-order valence-electron chi connectivity index (χ4n) is 2.37. The predicted molar refractivity (Wildman–Crippen MR) is 130 cm³/mol. The van der Waals surface area contributed by atoms with Crippen molar-refractivity contribution in [2.24, 2.45) is 22.5 Å². The first-order valence-corrected chi connectivity index (χ1v) is 11.6. The second-order valence-electron chi connectivity index (χ2n) is 10.9. The van der Waals surface area contributed by atoms with Crippen LogP contribution in [-0.4, -0.2) is 42.6 Å². The van der Waals surface area contributed by atoms with E-state index in [0.717, 1.165) is 0 Å². The van der Waals surface area contributed by atoms with Gasteiger partial charge >= 0.3 is 23.9 Å². The first kappa shape index (κ1) is 30.1. The second-order valence-corrected chi connectivity index (χ2v) is 10.9. The number of rotatable bonds is 9. The summed E-state index contributed by atoms with van der Waals surface area (Å²) in [5.41, 5.74) is 5.03. The fraction of sp³-hybridized carbons (Fsp3) is 0.615. The number of carbonyl (C=O) groups is 4. The van der Waals surface area contributed by atoms with E-state index in [0.29, 0.717) is 5.56 Å². The van der Waals surface area contributed by atoms with Crippen molar-refractivity contribution < 1.29 is 38.1 Å². The molecule has 2 atom stereocenters. The Kier molecular flexibility index (Phi) is 10.4. The van der Waals surface area contributed by atoms with Crippen molar-refractivity contribution in [2.45, 2.75) is 80.9 Å². The maximum Gasteiger partial charge on any atom is 0.323 e. The van der Waals surface area contributed by atoms with Crippen LogP contribution in [0.3, 0.4) is 0 Å². The van der Waals surface area contributed by atoms with Gasteiger partial charge in [-0.3, -0.25) is 19.2 Å². The van der Waals surface area contributed by atoms with E-state index in [-0.39, 0.29) is 36.4 Å². The van der Waals surface area contributed by atoms with Gasteiger partial charge in [-0.2, -0.15) is 0 Å². The highest BCUT2D eigenvalue weighted by molar-refractivity contribution is 5.81. The van der Waals surface area contributed by atoms with Gasteiger partial charge in [-0.05, 0) is 72.6 Å². The van der Waals surface area contributed by atoms with E-state index in [1.165, 1.54) is 12.1 Å². The molecule has 0 aromatic heterocycles. The van der Waals surface area contributed by atoms with Crippen LogP contribution in [0.15, 0.2) is 18.2 Å². The van der Waals surface area contributed by atoms with Gasteiger partial charge < -0.3 is 24.7 Å². The molecule has 1 aromatic carbocycles. The SMILES string of the molecule is CC(C)C(=O)OC[C@H](C)OC(=O)[C@@H](N)Cc1ccc(OC(=O)C(C)(C)C)c(OC(=O)C(C)(C)C)c1. The monoisotopic (exact) mass is 493 g/mol. The van der Waals surface area contributed by atoms with Gasteiger partial charge in [0.25, 0.3) is 0 Å². The molecule has 35 heavy (non-hydrogen) atoms. The van der Waals surface area contributed by atoms with Crippen LogP contribution in [0.1, 0.15) is 67.9 Å². The largest absolute Gasteiger partial charge is 0.462 e. The van der Waals surface area contributed by atoms with E-state index in [1.54, 1.807) is 68.4 Å². The molecular formula is C26H39NO8. The van der Waals surface area contributed by atoms with Gasteiger partial charge in [0, 0.05) is 0 Å². The highest BCUT2D eigenvalue weighted by atomic mass is 16.6. The zero-order valence-corrected chi connectivity index (χ0v) is 22.2. The van der Waals surface area contributed by atoms with Crippen LogP contribution >= 0.6 is 0 Å². The molecule has 0 spiro atoms. The van der Waals surface area contributed by atoms with Crippen molar-refractivity contribution >= 4 is 23.9 Å². The average molecular weight is 494 g/mol. The molecule has 0 aliphatic rings. The number of carbonyl (C=O) groups excluding carboxylic acids is 4. The van der Waals surface area contributed by atoms with Crippen LogP contribution in [-0.2, 0) is 35.1 Å². The summed E-state index contributed by atoms with van der Waals surface area (Å²) in [5.74, 6) is -2.22. The van der Waals surface area contributed by atoms with Crippen LogP contribution in [0.25, 0.3) is 0 Å². The maximum absolute atomic E-state index is 12.5. The zero-order chi connectivity index (χ0) is 27.1. The Bertz CT molecular complexity index is 924. The molecule has 0 unspecified atom stereocenters. The van der Waals surface area contributed by atoms with Crippen LogP contribution < -0.4 is 15.2 Å². The molecule has 2 N–H and O–H groups in total. The quantitative estimate of drug-likeness (QED) is 0.405. The summed E-state index contributed by atoms with van der Waals surface area (Å²) in [6.07, 6.45) is -0.594. The summed E-state index contributed by atoms with van der Waals surface area (Å²) < 4.78 is 21.3. The van der Waals surface area contributed by atoms with Gasteiger partial charge in [-0.15, -0.1) is 0 Å². The number of hydrogen-bond acceptors (Lipinski definition) is 9. The Morgan fingerprint density at radius 3 is 1.83 bits per heavy atom. The second kappa shape index (κ2) is 12.2. The third kappa shape index (κ3) is 10.1. The summed E-state index contributed by atoms with van der Waals surface area (Å²) in [5, 5.41) is 0. The number of esters is 4. The Balaban J connectivity index is 2.98. The van der Waals surface area contributed by atoms with Gasteiger partial charge in [-0.25, -0.2) is 0 Å². The van der Waals surface area contributed by atoms with Crippen molar-refractivity contribution in [3.63, 3.8) is 0 Å². The maximum atomic E-state index is 12.5. The minimum atomic E-state index is -1.02. The predicted octanol–water partition coefficient (Wildman–Crippen LogP) is 3.59. The van der Waals surface area contributed by atoms with E-state index in [9.17, 15) is 19.2 Å². The molecule has 1 rings (SSSR count). The van der Waals surface area contributed by atoms with Gasteiger partial charge in [0.05, 0.1) is 16.7 Å². The van der Waals surface area contributed by atoms with Crippen LogP contribution in [0, 0.1) is 16.7 Å². The van der Waals surface area contributed by atoms with Gasteiger partial charge in [0.2, 0.25) is 0 Å². The average Bonchev–Trinajstić information content (AvgIpc) is 2.71. The standard InChI is InChI=1S/C26H39NO8/c1-15(2)21(28)32-14-16(3)33-22(29)18(27)12-17-10-11-19(34-23(30)25(4,5)6)20(13-17)35-24(31)26(7,8)9/h10-11,13,15-16,18H,12,14,27H2,1-9H3/t16-,18-/m0/s1. The van der Waals surface area contributed by atoms with E-state index in [2.05, 4.69) is 0 Å². The Hall–Kier alpha value is -2.94. The van der Waals surface area contributed by atoms with E-state index >= 15 is 0 Å². The smallest absolute Gasteiger partial charge is 0.323 e. The molecule has 0 amide bonds. The Labute approximate surface area is 207 Å². The molecule has 0 heterocycles. The minimum Gasteiger partial charge on any atom is -0.462 e. The third-order valence-corrected chi connectivity index (χ3v) is 4.65. The highest BCUT2D eigenvalue weighted by Crippen LogP contribution is 2.33. The molecule has 0 bridgehead atoms. The Morgan fingerprint density at radius 1 is 0.829 bits per heavy atom. The zero-order valence-electron chi connectivity index (χ0n) is 22.2. The van der Waals surface area contributed by atoms with Crippen molar-refractivity contribution in [3.05, 3.63) is 23.8 Å². The van der Waals surface area contributed by atoms with Gasteiger partial charge in [0.15, 0.2) is 11.5 Å². The molecule has 196 valence electrons. The molecule has 0 fully saturated rings. The van der Waals surface area contributed by atoms with Crippen molar-refractivity contribution in [2.75, 3.05) is 6.61 Å². The number of benzene rings is 1. The fourth-order valence-corrected chi connectivity index (χ4v) is 2.37. The van der Waals surface area contributed by atoms with Gasteiger partial charge in [-0.1, -0.05) is 19.9 Å². The third-order valence-electron chi connectivity index (χ3n) is 4.65. The van der Waals surface area contributed by atoms with E-state index < -0.39 is 40.9 Å². The molecule has 0 aliphatic heterocycles. The topological polar surface area (TPSA) is 131 Å². The molecule has 1 aromatic rings. The molecule has 9 heteroatoms. The van der Waals surface area contributed by atoms with Crippen molar-refractivity contribution in [3.8, 4) is 11.5 Å². The molecule has 0 saturated carbocycles. The lowest BCUT2D eigenvalue weighted by Crippen LogP contribution is -2.37. The minimum absolute atomic E-state index is 0.0505. The van der Waals surface area contributed by atoms with Crippen LogP contribution in [0.4, 0.5) is 0 Å². The van der Waals surface area contributed by atoms with Crippen molar-refractivity contribution in [1.29, 1.82) is 0 Å². The number of hydrogen-bond donors (Lipinski definition) is 1. The lowest BCUT2D eigenvalue weighted by molar-refractivity contribution is -0.160. The van der Waals surface area contributed by atoms with Gasteiger partial charge in [0.1, 0.15) is 18.8 Å².